The Morgan fingerprint density at radius 2 is 1.68 bits per heavy atom. The van der Waals surface area contributed by atoms with Crippen molar-refractivity contribution in [1.29, 1.82) is 0 Å². The number of anilines is 2. The number of rotatable bonds is 7. The van der Waals surface area contributed by atoms with Gasteiger partial charge in [-0.3, -0.25) is 9.69 Å². The van der Waals surface area contributed by atoms with E-state index in [1.165, 1.54) is 29.2 Å². The van der Waals surface area contributed by atoms with Gasteiger partial charge in [0.05, 0.1) is 5.69 Å². The van der Waals surface area contributed by atoms with E-state index in [9.17, 15) is 14.3 Å². The van der Waals surface area contributed by atoms with Crippen LogP contribution in [-0.2, 0) is 4.79 Å². The first-order chi connectivity index (χ1) is 18.2. The van der Waals surface area contributed by atoms with Crippen molar-refractivity contribution in [3.05, 3.63) is 89.5 Å². The largest absolute Gasteiger partial charge is 0.378 e. The van der Waals surface area contributed by atoms with Crippen LogP contribution in [0, 0.1) is 29.4 Å². The molecule has 2 aliphatic rings. The second-order valence-corrected chi connectivity index (χ2v) is 10.8. The van der Waals surface area contributed by atoms with Gasteiger partial charge in [0, 0.05) is 31.3 Å². The van der Waals surface area contributed by atoms with E-state index in [0.717, 1.165) is 36.9 Å². The summed E-state index contributed by atoms with van der Waals surface area (Å²) in [5.74, 6) is -0.913. The van der Waals surface area contributed by atoms with Gasteiger partial charge in [-0.25, -0.2) is 8.78 Å². The highest BCUT2D eigenvalue weighted by molar-refractivity contribution is 5.96. The number of benzene rings is 3. The normalized spacial score (nSPS) is 21.2. The number of aliphatic hydroxyl groups is 1. The second-order valence-electron chi connectivity index (χ2n) is 10.8. The summed E-state index contributed by atoms with van der Waals surface area (Å²) in [6.07, 6.45) is 5.78. The van der Waals surface area contributed by atoms with Gasteiger partial charge >= 0.3 is 0 Å². The first-order valence-corrected chi connectivity index (χ1v) is 13.3. The van der Waals surface area contributed by atoms with Crippen molar-refractivity contribution in [3.8, 4) is 11.1 Å². The van der Waals surface area contributed by atoms with E-state index in [1.807, 2.05) is 50.2 Å². The molecule has 5 rings (SSSR count). The fourth-order valence-corrected chi connectivity index (χ4v) is 6.15. The lowest BCUT2D eigenvalue weighted by atomic mass is 9.87. The molecule has 198 valence electrons. The number of nitrogens with zero attached hydrogens (tertiary/aromatic N) is 2. The Bertz CT molecular complexity index is 1350. The number of hydrogen-bond donors (Lipinski definition) is 1. The lowest BCUT2D eigenvalue weighted by Gasteiger charge is -2.33. The average molecular weight is 517 g/mol. The minimum Gasteiger partial charge on any atom is -0.378 e. The first kappa shape index (κ1) is 26.1. The van der Waals surface area contributed by atoms with Gasteiger partial charge < -0.3 is 10.0 Å². The molecule has 0 aromatic heterocycles. The Kier molecular flexibility index (Phi) is 7.35. The van der Waals surface area contributed by atoms with Crippen LogP contribution in [0.1, 0.15) is 50.0 Å². The van der Waals surface area contributed by atoms with Gasteiger partial charge in [0.2, 0.25) is 5.91 Å². The Balaban J connectivity index is 1.51. The first-order valence-electron chi connectivity index (χ1n) is 13.3. The third-order valence-corrected chi connectivity index (χ3v) is 8.08. The molecule has 0 radical (unpaired) electrons. The zero-order valence-electron chi connectivity index (χ0n) is 22.1. The fraction of sp³-hybridized carbons (Fsp3) is 0.344. The van der Waals surface area contributed by atoms with Crippen LogP contribution in [0.4, 0.5) is 20.2 Å². The zero-order valence-corrected chi connectivity index (χ0v) is 22.1. The molecule has 0 saturated heterocycles. The van der Waals surface area contributed by atoms with Gasteiger partial charge in [-0.05, 0) is 91.1 Å². The van der Waals surface area contributed by atoms with Crippen LogP contribution < -0.4 is 9.80 Å². The lowest BCUT2D eigenvalue weighted by molar-refractivity contribution is -0.126. The minimum absolute atomic E-state index is 0.0213. The minimum atomic E-state index is -1.59. The van der Waals surface area contributed by atoms with E-state index in [0.29, 0.717) is 17.0 Å². The van der Waals surface area contributed by atoms with Crippen molar-refractivity contribution in [2.75, 3.05) is 23.9 Å². The van der Waals surface area contributed by atoms with Crippen LogP contribution in [0.5, 0.6) is 0 Å². The molecule has 0 aliphatic heterocycles. The van der Waals surface area contributed by atoms with Gasteiger partial charge in [-0.2, -0.15) is 0 Å². The fourth-order valence-electron chi connectivity index (χ4n) is 6.15. The summed E-state index contributed by atoms with van der Waals surface area (Å²) < 4.78 is 30.2. The van der Waals surface area contributed by atoms with Crippen LogP contribution in [0.15, 0.2) is 66.7 Å². The number of amides is 1. The molecule has 3 aromatic rings. The van der Waals surface area contributed by atoms with Gasteiger partial charge in [-0.15, -0.1) is 0 Å². The molecule has 0 heterocycles. The zero-order chi connectivity index (χ0) is 27.0. The number of hydrogen-bond acceptors (Lipinski definition) is 3. The Morgan fingerprint density at radius 3 is 2.29 bits per heavy atom. The van der Waals surface area contributed by atoms with Gasteiger partial charge in [0.15, 0.2) is 6.23 Å². The second kappa shape index (κ2) is 10.7. The van der Waals surface area contributed by atoms with E-state index in [-0.39, 0.29) is 29.0 Å². The molecular formula is C32H34F2N2O2. The summed E-state index contributed by atoms with van der Waals surface area (Å²) in [4.78, 5) is 17.1. The lowest BCUT2D eigenvalue weighted by Crippen LogP contribution is -2.41. The van der Waals surface area contributed by atoms with E-state index < -0.39 is 17.9 Å². The number of halogens is 2. The van der Waals surface area contributed by atoms with Crippen LogP contribution >= 0.6 is 0 Å². The average Bonchev–Trinajstić information content (AvgIpc) is 3.53. The highest BCUT2D eigenvalue weighted by Gasteiger charge is 2.46. The summed E-state index contributed by atoms with van der Waals surface area (Å²) in [6, 6.07) is 16.6. The molecule has 4 atom stereocenters. The predicted octanol–water partition coefficient (Wildman–Crippen LogP) is 7.19. The van der Waals surface area contributed by atoms with Gasteiger partial charge in [0.25, 0.3) is 0 Å². The Labute approximate surface area is 223 Å². The molecule has 2 saturated carbocycles. The van der Waals surface area contributed by atoms with Crippen LogP contribution in [0.2, 0.25) is 0 Å². The van der Waals surface area contributed by atoms with E-state index in [2.05, 4.69) is 0 Å². The maximum Gasteiger partial charge on any atom is 0.232 e. The molecule has 0 spiro atoms. The number of carbonyl (C=O) groups is 1. The number of carbonyl (C=O) groups excluding carboxylic acids is 1. The molecule has 6 heteroatoms. The standard InChI is InChI=1S/C32H34F2N2O2/c1-4-5-20-15-25(33)19-27(16-20)36(32(38)29-17-21-6-7-24(29)14-21)31(37)28-13-10-23(18-30(28)34)22-8-11-26(12-9-22)35(2)3/h4-5,8-13,15-16,18-19,21,24,29,31,37H,6-7,14,17H2,1-3H3/b5-4+/t21?,24-,29?,31?/m1/s1. The third kappa shape index (κ3) is 5.10. The van der Waals surface area contributed by atoms with Crippen molar-refractivity contribution in [1.82, 2.24) is 0 Å². The maximum absolute atomic E-state index is 15.5. The number of aliphatic hydroxyl groups excluding tert-OH is 1. The highest BCUT2D eigenvalue weighted by Crippen LogP contribution is 2.50. The maximum atomic E-state index is 15.5. The monoisotopic (exact) mass is 516 g/mol. The van der Waals surface area contributed by atoms with Gasteiger partial charge in [0.1, 0.15) is 11.6 Å². The summed E-state index contributed by atoms with van der Waals surface area (Å²) in [7, 11) is 3.91. The van der Waals surface area contributed by atoms with E-state index >= 15 is 4.39 Å². The van der Waals surface area contributed by atoms with E-state index in [4.69, 9.17) is 0 Å². The van der Waals surface area contributed by atoms with Crippen molar-refractivity contribution in [3.63, 3.8) is 0 Å². The molecule has 2 fully saturated rings. The van der Waals surface area contributed by atoms with E-state index in [1.54, 1.807) is 24.3 Å². The molecule has 1 amide bonds. The topological polar surface area (TPSA) is 43.8 Å². The molecule has 3 unspecified atom stereocenters. The molecule has 2 bridgehead atoms. The molecule has 3 aromatic carbocycles. The summed E-state index contributed by atoms with van der Waals surface area (Å²) >= 11 is 0. The molecule has 38 heavy (non-hydrogen) atoms. The Morgan fingerprint density at radius 1 is 0.947 bits per heavy atom. The summed E-state index contributed by atoms with van der Waals surface area (Å²) in [5.41, 5.74) is 3.30. The number of fused-ring (bicyclic) bond motifs is 2. The van der Waals surface area contributed by atoms with Crippen molar-refractivity contribution < 1.29 is 18.7 Å². The SMILES string of the molecule is C/C=C/c1cc(F)cc(N(C(=O)C2CC3CC[C@@H]2C3)C(O)c2ccc(-c3ccc(N(C)C)cc3)cc2F)c1. The van der Waals surface area contributed by atoms with Crippen LogP contribution in [0.3, 0.4) is 0 Å². The van der Waals surface area contributed by atoms with Gasteiger partial charge in [-0.1, -0.05) is 42.8 Å². The smallest absolute Gasteiger partial charge is 0.232 e. The van der Waals surface area contributed by atoms with Crippen molar-refractivity contribution >= 4 is 23.4 Å². The highest BCUT2D eigenvalue weighted by atomic mass is 19.1. The summed E-state index contributed by atoms with van der Waals surface area (Å²) in [6.45, 7) is 1.82. The quantitative estimate of drug-likeness (QED) is 0.338. The van der Waals surface area contributed by atoms with Crippen LogP contribution in [-0.4, -0.2) is 25.1 Å². The predicted molar refractivity (Wildman–Crippen MR) is 149 cm³/mol. The Hall–Kier alpha value is -3.51. The van der Waals surface area contributed by atoms with Crippen molar-refractivity contribution in [2.24, 2.45) is 17.8 Å². The van der Waals surface area contributed by atoms with Crippen molar-refractivity contribution in [2.45, 2.75) is 38.8 Å². The molecule has 2 aliphatic carbocycles. The molecule has 1 N–H and O–H groups in total. The summed E-state index contributed by atoms with van der Waals surface area (Å²) in [5, 5.41) is 11.5. The number of allylic oxidation sites excluding steroid dienone is 1. The molecule has 4 nitrogen and oxygen atoms in total. The molecular weight excluding hydrogens is 482 g/mol. The van der Waals surface area contributed by atoms with Crippen LogP contribution in [0.25, 0.3) is 17.2 Å². The third-order valence-electron chi connectivity index (χ3n) is 8.08.